The summed E-state index contributed by atoms with van der Waals surface area (Å²) in [7, 11) is 0. The molecular formula is C45H57N7O5. The van der Waals surface area contributed by atoms with E-state index in [0.29, 0.717) is 50.0 Å². The molecule has 2 N–H and O–H groups in total. The normalized spacial score (nSPS) is 24.2. The van der Waals surface area contributed by atoms with Crippen LogP contribution in [-0.2, 0) is 19.1 Å². The van der Waals surface area contributed by atoms with Crippen LogP contribution in [0.3, 0.4) is 0 Å². The number of nitrogens with one attached hydrogen (secondary N) is 1. The van der Waals surface area contributed by atoms with Crippen LogP contribution >= 0.6 is 0 Å². The Kier molecular flexibility index (Phi) is 10.7. The summed E-state index contributed by atoms with van der Waals surface area (Å²) in [5, 5.41) is 21.5. The number of rotatable bonds is 10. The molecule has 302 valence electrons. The molecule has 9 rings (SSSR count). The highest BCUT2D eigenvalue weighted by atomic mass is 16.5. The number of aromatic hydroxyl groups is 1. The molecule has 5 aliphatic heterocycles. The van der Waals surface area contributed by atoms with E-state index in [-0.39, 0.29) is 40.9 Å². The van der Waals surface area contributed by atoms with Gasteiger partial charge in [0.25, 0.3) is 5.91 Å². The van der Waals surface area contributed by atoms with E-state index in [0.717, 1.165) is 75.8 Å². The van der Waals surface area contributed by atoms with E-state index in [2.05, 4.69) is 59.4 Å². The second-order valence-electron chi connectivity index (χ2n) is 17.9. The Labute approximate surface area is 335 Å². The average Bonchev–Trinajstić information content (AvgIpc) is 3.21. The van der Waals surface area contributed by atoms with Crippen LogP contribution in [0.4, 0.5) is 11.4 Å². The molecule has 57 heavy (non-hydrogen) atoms. The smallest absolute Gasteiger partial charge is 0.255 e. The molecule has 3 amide bonds. The number of hydrogen-bond donors (Lipinski definition) is 2. The van der Waals surface area contributed by atoms with Gasteiger partial charge in [-0.3, -0.25) is 19.7 Å². The van der Waals surface area contributed by atoms with Gasteiger partial charge in [-0.15, -0.1) is 0 Å². The molecule has 1 saturated carbocycles. The van der Waals surface area contributed by atoms with Crippen LogP contribution in [0.25, 0.3) is 11.3 Å². The number of nitrogens with zero attached hydrogens (tertiary/aromatic N) is 6. The third kappa shape index (κ3) is 7.99. The summed E-state index contributed by atoms with van der Waals surface area (Å²) in [4.78, 5) is 47.8. The lowest BCUT2D eigenvalue weighted by atomic mass is 9.71. The number of benzene rings is 2. The minimum atomic E-state index is -0.783. The number of aromatic nitrogens is 2. The zero-order valence-corrected chi connectivity index (χ0v) is 33.1. The van der Waals surface area contributed by atoms with Crippen LogP contribution in [-0.4, -0.2) is 113 Å². The largest absolute Gasteiger partial charge is 0.507 e. The number of likely N-dealkylation sites (tertiary alicyclic amines) is 2. The minimum absolute atomic E-state index is 0.149. The Morgan fingerprint density at radius 2 is 1.56 bits per heavy atom. The van der Waals surface area contributed by atoms with E-state index >= 15 is 0 Å². The molecule has 3 aromatic rings. The molecular weight excluding hydrogens is 719 g/mol. The number of ether oxygens (including phenoxy) is 1. The molecule has 6 fully saturated rings. The first-order valence-corrected chi connectivity index (χ1v) is 21.5. The Hall–Kier alpha value is -4.55. The number of carbonyl (C=O) groups excluding carboxylic acids is 3. The van der Waals surface area contributed by atoms with Gasteiger partial charge in [0.2, 0.25) is 11.8 Å². The van der Waals surface area contributed by atoms with Crippen molar-refractivity contribution in [2.75, 3.05) is 68.7 Å². The summed E-state index contributed by atoms with van der Waals surface area (Å²) in [6.45, 7) is 8.44. The molecule has 1 aromatic heterocycles. The Balaban J connectivity index is 0.742. The highest BCUT2D eigenvalue weighted by Crippen LogP contribution is 2.44. The number of phenolic OH excluding ortho intramolecular Hbond substituents is 1. The summed E-state index contributed by atoms with van der Waals surface area (Å²) < 4.78 is 6.93. The van der Waals surface area contributed by atoms with Gasteiger partial charge in [0, 0.05) is 88.3 Å². The van der Waals surface area contributed by atoms with Crippen LogP contribution < -0.4 is 15.1 Å². The van der Waals surface area contributed by atoms with Crippen molar-refractivity contribution in [1.82, 2.24) is 25.3 Å². The van der Waals surface area contributed by atoms with Crippen LogP contribution in [0, 0.1) is 11.3 Å². The van der Waals surface area contributed by atoms with Crippen LogP contribution in [0.2, 0.25) is 0 Å². The van der Waals surface area contributed by atoms with Gasteiger partial charge in [0.05, 0.1) is 29.6 Å². The number of hydrogen-bond acceptors (Lipinski definition) is 10. The van der Waals surface area contributed by atoms with Gasteiger partial charge in [-0.1, -0.05) is 43.5 Å². The molecule has 5 saturated heterocycles. The fraction of sp³-hybridized carbons (Fsp3) is 0.578. The molecule has 2 aromatic carbocycles. The molecule has 0 bridgehead atoms. The summed E-state index contributed by atoms with van der Waals surface area (Å²) in [6.07, 6.45) is 13.5. The number of phenols is 1. The Morgan fingerprint density at radius 3 is 2.28 bits per heavy atom. The maximum absolute atomic E-state index is 14.5. The Bertz CT molecular complexity index is 1920. The zero-order chi connectivity index (χ0) is 39.0. The zero-order valence-electron chi connectivity index (χ0n) is 33.1. The van der Waals surface area contributed by atoms with E-state index in [1.54, 1.807) is 18.3 Å². The number of amides is 3. The fourth-order valence-electron chi connectivity index (χ4n) is 10.6. The van der Waals surface area contributed by atoms with Crippen molar-refractivity contribution < 1.29 is 24.2 Å². The highest BCUT2D eigenvalue weighted by molar-refractivity contribution is 6.01. The van der Waals surface area contributed by atoms with Crippen molar-refractivity contribution in [3.8, 4) is 17.0 Å². The third-order valence-electron chi connectivity index (χ3n) is 13.9. The maximum Gasteiger partial charge on any atom is 0.255 e. The van der Waals surface area contributed by atoms with Crippen molar-refractivity contribution in [2.45, 2.75) is 94.7 Å². The average molecular weight is 776 g/mol. The first kappa shape index (κ1) is 38.0. The van der Waals surface area contributed by atoms with Crippen molar-refractivity contribution in [3.05, 3.63) is 66.4 Å². The molecule has 1 unspecified atom stereocenters. The van der Waals surface area contributed by atoms with E-state index in [1.165, 1.54) is 44.2 Å². The number of piperidine rings is 3. The number of imide groups is 1. The SMILES string of the molecule is O=C1CCC(c2ccc(N3CCC(CCN4CC5(C4)CN(C(=O)C4(OC6CCCCC6)CCN(c6cnnc(-c7ccccc7O)c6)CC4)C5)CC3)cc2)C(=O)N1. The fourth-order valence-corrected chi connectivity index (χ4v) is 10.6. The number of carbonyl (C=O) groups is 3. The summed E-state index contributed by atoms with van der Waals surface area (Å²) in [5.41, 5.74) is 3.88. The van der Waals surface area contributed by atoms with Gasteiger partial charge in [0.1, 0.15) is 5.75 Å². The summed E-state index contributed by atoms with van der Waals surface area (Å²) in [5.74, 6) is 0.503. The van der Waals surface area contributed by atoms with Crippen molar-refractivity contribution in [2.24, 2.45) is 11.3 Å². The van der Waals surface area contributed by atoms with Gasteiger partial charge in [-0.25, -0.2) is 0 Å². The first-order valence-electron chi connectivity index (χ1n) is 21.5. The lowest BCUT2D eigenvalue weighted by molar-refractivity contribution is -0.194. The van der Waals surface area contributed by atoms with Gasteiger partial charge in [0.15, 0.2) is 5.60 Å². The Morgan fingerprint density at radius 1 is 0.842 bits per heavy atom. The second kappa shape index (κ2) is 16.0. The number of para-hydroxylation sites is 1. The molecule has 6 aliphatic rings. The van der Waals surface area contributed by atoms with Crippen molar-refractivity contribution in [1.29, 1.82) is 0 Å². The topological polar surface area (TPSA) is 131 Å². The van der Waals surface area contributed by atoms with Crippen LogP contribution in [0.15, 0.2) is 60.8 Å². The molecule has 1 spiro atoms. The van der Waals surface area contributed by atoms with E-state index in [9.17, 15) is 19.5 Å². The van der Waals surface area contributed by atoms with Gasteiger partial charge in [-0.2, -0.15) is 10.2 Å². The van der Waals surface area contributed by atoms with Gasteiger partial charge in [-0.05, 0) is 86.9 Å². The minimum Gasteiger partial charge on any atom is -0.507 e. The number of anilines is 2. The predicted molar refractivity (Wildman–Crippen MR) is 218 cm³/mol. The molecule has 0 radical (unpaired) electrons. The van der Waals surface area contributed by atoms with Gasteiger partial charge < -0.3 is 29.4 Å². The monoisotopic (exact) mass is 775 g/mol. The highest BCUT2D eigenvalue weighted by Gasteiger charge is 2.57. The molecule has 1 atom stereocenters. The quantitative estimate of drug-likeness (QED) is 0.255. The van der Waals surface area contributed by atoms with E-state index < -0.39 is 5.60 Å². The van der Waals surface area contributed by atoms with Crippen molar-refractivity contribution >= 4 is 29.1 Å². The third-order valence-corrected chi connectivity index (χ3v) is 13.9. The summed E-state index contributed by atoms with van der Waals surface area (Å²) >= 11 is 0. The van der Waals surface area contributed by atoms with Crippen LogP contribution in [0.5, 0.6) is 5.75 Å². The standard InChI is InChI=1S/C45H57N7O5/c53-40-9-5-4-8-38(40)39-26-35(27-46-48-39)51-24-19-45(20-25-51,57-36-6-2-1-3-7-36)43(56)52-30-44(31-52)28-49(29-44)21-16-32-17-22-50(23-18-32)34-12-10-33(11-13-34)37-14-15-41(54)47-42(37)55/h4-5,8-13,26-27,32,36-37,53H,1-3,6-7,14-25,28-31H2,(H,47,54,55). The molecule has 12 heteroatoms. The van der Waals surface area contributed by atoms with E-state index in [4.69, 9.17) is 4.74 Å². The van der Waals surface area contributed by atoms with E-state index in [1.807, 2.05) is 18.2 Å². The molecule has 12 nitrogen and oxygen atoms in total. The predicted octanol–water partition coefficient (Wildman–Crippen LogP) is 5.51. The van der Waals surface area contributed by atoms with Crippen molar-refractivity contribution in [3.63, 3.8) is 0 Å². The van der Waals surface area contributed by atoms with Crippen LogP contribution in [0.1, 0.15) is 88.5 Å². The second-order valence-corrected chi connectivity index (χ2v) is 17.9. The summed E-state index contributed by atoms with van der Waals surface area (Å²) in [6, 6.07) is 17.6. The molecule has 1 aliphatic carbocycles. The van der Waals surface area contributed by atoms with Gasteiger partial charge >= 0.3 is 0 Å². The maximum atomic E-state index is 14.5. The first-order chi connectivity index (χ1) is 27.7. The molecule has 6 heterocycles. The lowest BCUT2D eigenvalue weighted by Crippen LogP contribution is -2.75. The lowest BCUT2D eigenvalue weighted by Gasteiger charge is -2.62.